The molecule has 0 saturated heterocycles. The zero-order valence-electron chi connectivity index (χ0n) is 13.8. The van der Waals surface area contributed by atoms with Crippen LogP contribution in [0, 0.1) is 0 Å². The van der Waals surface area contributed by atoms with Crippen LogP contribution in [-0.4, -0.2) is 41.8 Å². The van der Waals surface area contributed by atoms with E-state index in [-0.39, 0.29) is 30.1 Å². The van der Waals surface area contributed by atoms with Crippen LogP contribution in [0.5, 0.6) is 0 Å². The smallest absolute Gasteiger partial charge is 0.392 e. The van der Waals surface area contributed by atoms with Crippen molar-refractivity contribution in [3.8, 4) is 0 Å². The number of hydrogen-bond donors (Lipinski definition) is 2. The van der Waals surface area contributed by atoms with Crippen molar-refractivity contribution in [1.82, 2.24) is 10.2 Å². The molecular formula is C17H23F3N2O2. The summed E-state index contributed by atoms with van der Waals surface area (Å²) < 4.78 is 39.7. The molecule has 2 rings (SSSR count). The number of likely N-dealkylation sites (N-methyl/N-ethyl adjacent to an activating group) is 1. The molecule has 7 heteroatoms. The highest BCUT2D eigenvalue weighted by Gasteiger charge is 2.39. The molecule has 0 aliphatic heterocycles. The number of alkyl halides is 3. The first-order chi connectivity index (χ1) is 11.2. The number of nitrogens with one attached hydrogen (secondary N) is 1. The van der Waals surface area contributed by atoms with Gasteiger partial charge in [0.25, 0.3) is 0 Å². The summed E-state index contributed by atoms with van der Waals surface area (Å²) in [6.45, 7) is 1.74. The van der Waals surface area contributed by atoms with Crippen LogP contribution in [0.25, 0.3) is 0 Å². The number of urea groups is 1. The number of aliphatic hydroxyl groups excluding tert-OH is 1. The van der Waals surface area contributed by atoms with Gasteiger partial charge in [-0.25, -0.2) is 4.79 Å². The van der Waals surface area contributed by atoms with E-state index in [4.69, 9.17) is 0 Å². The number of rotatable bonds is 4. The molecule has 1 saturated carbocycles. The zero-order chi connectivity index (χ0) is 17.9. The first kappa shape index (κ1) is 18.6. The SMILES string of the molecule is CC(O)CN(C)C(=O)NC1CCCC1c1ccccc1C(F)(F)F. The molecule has 2 N–H and O–H groups in total. The number of halogens is 3. The van der Waals surface area contributed by atoms with E-state index >= 15 is 0 Å². The van der Waals surface area contributed by atoms with Crippen molar-refractivity contribution in [1.29, 1.82) is 0 Å². The molecule has 0 bridgehead atoms. The second kappa shape index (κ2) is 7.42. The second-order valence-electron chi connectivity index (χ2n) is 6.41. The molecular weight excluding hydrogens is 321 g/mol. The van der Waals surface area contributed by atoms with Crippen LogP contribution in [0.2, 0.25) is 0 Å². The summed E-state index contributed by atoms with van der Waals surface area (Å²) in [4.78, 5) is 13.5. The highest BCUT2D eigenvalue weighted by Crippen LogP contribution is 2.41. The molecule has 4 nitrogen and oxygen atoms in total. The number of hydrogen-bond acceptors (Lipinski definition) is 2. The van der Waals surface area contributed by atoms with E-state index in [0.717, 1.165) is 12.5 Å². The molecule has 0 aromatic heterocycles. The van der Waals surface area contributed by atoms with Gasteiger partial charge in [-0.15, -0.1) is 0 Å². The Morgan fingerprint density at radius 3 is 2.67 bits per heavy atom. The standard InChI is InChI=1S/C17H23F3N2O2/c1-11(23)10-22(2)16(24)21-15-9-5-7-13(15)12-6-3-4-8-14(12)17(18,19)20/h3-4,6,8,11,13,15,23H,5,7,9-10H2,1-2H3,(H,21,24). The Morgan fingerprint density at radius 1 is 1.38 bits per heavy atom. The van der Waals surface area contributed by atoms with Gasteiger partial charge in [-0.1, -0.05) is 24.6 Å². The fourth-order valence-electron chi connectivity index (χ4n) is 3.33. The Bertz CT molecular complexity index is 575. The fourth-order valence-corrected chi connectivity index (χ4v) is 3.33. The summed E-state index contributed by atoms with van der Waals surface area (Å²) in [6.07, 6.45) is -3.05. The lowest BCUT2D eigenvalue weighted by molar-refractivity contribution is -0.138. The Labute approximate surface area is 139 Å². The maximum atomic E-state index is 13.2. The van der Waals surface area contributed by atoms with Gasteiger partial charge in [-0.05, 0) is 31.4 Å². The maximum absolute atomic E-state index is 13.2. The van der Waals surface area contributed by atoms with E-state index in [0.29, 0.717) is 12.8 Å². The van der Waals surface area contributed by atoms with E-state index in [9.17, 15) is 23.1 Å². The third kappa shape index (κ3) is 4.41. The van der Waals surface area contributed by atoms with Crippen molar-refractivity contribution in [3.05, 3.63) is 35.4 Å². The van der Waals surface area contributed by atoms with Crippen molar-refractivity contribution < 1.29 is 23.1 Å². The molecule has 1 aliphatic rings. The summed E-state index contributed by atoms with van der Waals surface area (Å²) in [6, 6.07) is 4.85. The van der Waals surface area contributed by atoms with E-state index in [1.54, 1.807) is 20.0 Å². The van der Waals surface area contributed by atoms with E-state index in [1.165, 1.54) is 17.0 Å². The van der Waals surface area contributed by atoms with Crippen LogP contribution in [0.4, 0.5) is 18.0 Å². The lowest BCUT2D eigenvalue weighted by Crippen LogP contribution is -2.46. The zero-order valence-corrected chi connectivity index (χ0v) is 13.8. The van der Waals surface area contributed by atoms with E-state index < -0.39 is 17.8 Å². The number of aliphatic hydroxyl groups is 1. The topological polar surface area (TPSA) is 52.6 Å². The number of benzene rings is 1. The molecule has 134 valence electrons. The Balaban J connectivity index is 2.16. The second-order valence-corrected chi connectivity index (χ2v) is 6.41. The first-order valence-electron chi connectivity index (χ1n) is 8.06. The fraction of sp³-hybridized carbons (Fsp3) is 0.588. The van der Waals surface area contributed by atoms with Gasteiger partial charge in [0.2, 0.25) is 0 Å². The van der Waals surface area contributed by atoms with Crippen LogP contribution in [0.15, 0.2) is 24.3 Å². The lowest BCUT2D eigenvalue weighted by Gasteiger charge is -2.27. The quantitative estimate of drug-likeness (QED) is 0.880. The van der Waals surface area contributed by atoms with Crippen LogP contribution >= 0.6 is 0 Å². The minimum Gasteiger partial charge on any atom is -0.392 e. The van der Waals surface area contributed by atoms with Gasteiger partial charge in [0, 0.05) is 25.6 Å². The average molecular weight is 344 g/mol. The molecule has 1 aromatic carbocycles. The number of carbonyl (C=O) groups is 1. The minimum absolute atomic E-state index is 0.169. The highest BCUT2D eigenvalue weighted by atomic mass is 19.4. The van der Waals surface area contributed by atoms with E-state index in [1.807, 2.05) is 0 Å². The predicted molar refractivity (Wildman–Crippen MR) is 84.7 cm³/mol. The van der Waals surface area contributed by atoms with E-state index in [2.05, 4.69) is 5.32 Å². The van der Waals surface area contributed by atoms with Crippen LogP contribution in [-0.2, 0) is 6.18 Å². The summed E-state index contributed by atoms with van der Waals surface area (Å²) in [5.41, 5.74) is -0.389. The summed E-state index contributed by atoms with van der Waals surface area (Å²) in [7, 11) is 1.55. The van der Waals surface area contributed by atoms with Crippen LogP contribution in [0.3, 0.4) is 0 Å². The summed E-state index contributed by atoms with van der Waals surface area (Å²) in [5, 5.41) is 12.2. The van der Waals surface area contributed by atoms with Crippen molar-refractivity contribution >= 4 is 6.03 Å². The molecule has 2 amide bonds. The van der Waals surface area contributed by atoms with Gasteiger partial charge in [0.15, 0.2) is 0 Å². The molecule has 1 aromatic rings. The van der Waals surface area contributed by atoms with Gasteiger partial charge < -0.3 is 15.3 Å². The Morgan fingerprint density at radius 2 is 2.04 bits per heavy atom. The summed E-state index contributed by atoms with van der Waals surface area (Å²) >= 11 is 0. The predicted octanol–water partition coefficient (Wildman–Crippen LogP) is 3.36. The average Bonchev–Trinajstić information content (AvgIpc) is 2.93. The van der Waals surface area contributed by atoms with Crippen molar-refractivity contribution in [2.75, 3.05) is 13.6 Å². The molecule has 3 unspecified atom stereocenters. The Kier molecular flexibility index (Phi) is 5.74. The third-order valence-corrected chi connectivity index (χ3v) is 4.38. The third-order valence-electron chi connectivity index (χ3n) is 4.38. The van der Waals surface area contributed by atoms with Gasteiger partial charge in [0.1, 0.15) is 0 Å². The molecule has 0 spiro atoms. The van der Waals surface area contributed by atoms with Gasteiger partial charge in [0.05, 0.1) is 11.7 Å². The van der Waals surface area contributed by atoms with Gasteiger partial charge >= 0.3 is 12.2 Å². The lowest BCUT2D eigenvalue weighted by atomic mass is 9.90. The number of carbonyl (C=O) groups excluding carboxylic acids is 1. The van der Waals surface area contributed by atoms with Crippen molar-refractivity contribution in [2.24, 2.45) is 0 Å². The van der Waals surface area contributed by atoms with Gasteiger partial charge in [-0.2, -0.15) is 13.2 Å². The molecule has 1 fully saturated rings. The molecule has 0 radical (unpaired) electrons. The highest BCUT2D eigenvalue weighted by molar-refractivity contribution is 5.74. The molecule has 3 atom stereocenters. The Hall–Kier alpha value is -1.76. The number of amides is 2. The van der Waals surface area contributed by atoms with Crippen molar-refractivity contribution in [3.63, 3.8) is 0 Å². The van der Waals surface area contributed by atoms with Crippen LogP contribution < -0.4 is 5.32 Å². The normalized spacial score (nSPS) is 22.2. The largest absolute Gasteiger partial charge is 0.416 e. The minimum atomic E-state index is -4.41. The number of nitrogens with zero attached hydrogens (tertiary/aromatic N) is 1. The molecule has 24 heavy (non-hydrogen) atoms. The van der Waals surface area contributed by atoms with Crippen molar-refractivity contribution in [2.45, 2.75) is 50.4 Å². The monoisotopic (exact) mass is 344 g/mol. The van der Waals surface area contributed by atoms with Gasteiger partial charge in [-0.3, -0.25) is 0 Å². The van der Waals surface area contributed by atoms with Crippen LogP contribution in [0.1, 0.15) is 43.2 Å². The maximum Gasteiger partial charge on any atom is 0.416 e. The first-order valence-corrected chi connectivity index (χ1v) is 8.06. The molecule has 0 heterocycles. The molecule has 1 aliphatic carbocycles. The summed E-state index contributed by atoms with van der Waals surface area (Å²) in [5.74, 6) is -0.355.